The van der Waals surface area contributed by atoms with Crippen LogP contribution in [0.25, 0.3) is 0 Å². The van der Waals surface area contributed by atoms with E-state index in [4.69, 9.17) is 5.73 Å². The maximum Gasteiger partial charge on any atom is 0.0693 e. The zero-order chi connectivity index (χ0) is 11.5. The molecule has 3 nitrogen and oxygen atoms in total. The summed E-state index contributed by atoms with van der Waals surface area (Å²) in [4.78, 5) is 0. The molecule has 1 fully saturated rings. The first-order chi connectivity index (χ1) is 7.72. The number of hydrogen-bond donors (Lipinski definition) is 1. The van der Waals surface area contributed by atoms with Gasteiger partial charge in [0.25, 0.3) is 0 Å². The molecule has 1 saturated carbocycles. The molecule has 0 spiro atoms. The first-order valence-electron chi connectivity index (χ1n) is 6.19. The molecule has 90 valence electrons. The monoisotopic (exact) mass is 285 g/mol. The van der Waals surface area contributed by atoms with Gasteiger partial charge in [-0.15, -0.1) is 0 Å². The van der Waals surface area contributed by atoms with E-state index in [0.717, 1.165) is 29.8 Å². The van der Waals surface area contributed by atoms with Crippen molar-refractivity contribution in [2.45, 2.75) is 51.6 Å². The quantitative estimate of drug-likeness (QED) is 0.903. The molecule has 0 saturated heterocycles. The summed E-state index contributed by atoms with van der Waals surface area (Å²) in [6.07, 6.45) is 8.16. The number of nitrogens with zero attached hydrogens (tertiary/aromatic N) is 2. The normalized spacial score (nSPS) is 18.4. The second kappa shape index (κ2) is 5.32. The zero-order valence-electron chi connectivity index (χ0n) is 9.82. The average molecular weight is 286 g/mol. The number of aromatic nitrogens is 2. The Morgan fingerprint density at radius 1 is 1.62 bits per heavy atom. The maximum absolute atomic E-state index is 6.29. The first-order valence-corrected chi connectivity index (χ1v) is 6.98. The Kier molecular flexibility index (Phi) is 4.03. The van der Waals surface area contributed by atoms with Gasteiger partial charge in [0, 0.05) is 12.6 Å². The third-order valence-corrected chi connectivity index (χ3v) is 4.04. The van der Waals surface area contributed by atoms with E-state index in [1.54, 1.807) is 0 Å². The Balaban J connectivity index is 2.07. The minimum atomic E-state index is 0.133. The maximum atomic E-state index is 6.29. The van der Waals surface area contributed by atoms with Crippen LogP contribution in [0.1, 0.15) is 50.8 Å². The van der Waals surface area contributed by atoms with Crippen LogP contribution in [0.3, 0.4) is 0 Å². The average Bonchev–Trinajstić information content (AvgIpc) is 2.54. The summed E-state index contributed by atoms with van der Waals surface area (Å²) in [5.74, 6) is 0.840. The minimum Gasteiger partial charge on any atom is -0.323 e. The summed E-state index contributed by atoms with van der Waals surface area (Å²) < 4.78 is 3.11. The van der Waals surface area contributed by atoms with Gasteiger partial charge in [-0.05, 0) is 34.7 Å². The summed E-state index contributed by atoms with van der Waals surface area (Å²) in [6.45, 7) is 3.12. The van der Waals surface area contributed by atoms with Gasteiger partial charge in [0.15, 0.2) is 0 Å². The van der Waals surface area contributed by atoms with Gasteiger partial charge in [-0.2, -0.15) is 5.10 Å². The molecule has 1 unspecified atom stereocenters. The lowest BCUT2D eigenvalue weighted by Crippen LogP contribution is -2.23. The van der Waals surface area contributed by atoms with Crippen molar-refractivity contribution < 1.29 is 0 Å². The summed E-state index contributed by atoms with van der Waals surface area (Å²) >= 11 is 3.55. The fourth-order valence-electron chi connectivity index (χ4n) is 2.33. The molecule has 1 aliphatic rings. The highest BCUT2D eigenvalue weighted by molar-refractivity contribution is 9.10. The summed E-state index contributed by atoms with van der Waals surface area (Å²) in [5, 5.41) is 4.37. The van der Waals surface area contributed by atoms with Crippen molar-refractivity contribution in [2.75, 3.05) is 0 Å². The second-order valence-corrected chi connectivity index (χ2v) is 5.59. The van der Waals surface area contributed by atoms with Gasteiger partial charge in [0.05, 0.1) is 16.4 Å². The minimum absolute atomic E-state index is 0.133. The summed E-state index contributed by atoms with van der Waals surface area (Å²) in [5.41, 5.74) is 7.47. The number of halogens is 1. The molecule has 1 aromatic rings. The molecule has 0 radical (unpaired) electrons. The van der Waals surface area contributed by atoms with Crippen LogP contribution in [-0.4, -0.2) is 9.78 Å². The molecule has 0 bridgehead atoms. The summed E-state index contributed by atoms with van der Waals surface area (Å²) in [6, 6.07) is 0.133. The predicted molar refractivity (Wildman–Crippen MR) is 69.1 cm³/mol. The Morgan fingerprint density at radius 2 is 2.38 bits per heavy atom. The largest absolute Gasteiger partial charge is 0.323 e. The van der Waals surface area contributed by atoms with Gasteiger partial charge in [-0.1, -0.05) is 26.2 Å². The van der Waals surface area contributed by atoms with E-state index in [9.17, 15) is 0 Å². The molecule has 0 aromatic carbocycles. The highest BCUT2D eigenvalue weighted by Crippen LogP contribution is 2.35. The van der Waals surface area contributed by atoms with Gasteiger partial charge < -0.3 is 5.73 Å². The van der Waals surface area contributed by atoms with Gasteiger partial charge in [0.2, 0.25) is 0 Å². The predicted octanol–water partition coefficient (Wildman–Crippen LogP) is 3.25. The van der Waals surface area contributed by atoms with Crippen LogP contribution in [0.5, 0.6) is 0 Å². The molecule has 2 N–H and O–H groups in total. The molecule has 1 aromatic heterocycles. The highest BCUT2D eigenvalue weighted by Gasteiger charge is 2.24. The standard InChI is InChI=1S/C12H20BrN3/c1-2-6-16-12(10(13)8-15-16)11(14)7-9-4-3-5-9/h8-9,11H,2-7,14H2,1H3. The Morgan fingerprint density at radius 3 is 2.94 bits per heavy atom. The molecule has 1 atom stereocenters. The van der Waals surface area contributed by atoms with Gasteiger partial charge in [-0.25, -0.2) is 0 Å². The third kappa shape index (κ3) is 2.48. The Hall–Kier alpha value is -0.350. The summed E-state index contributed by atoms with van der Waals surface area (Å²) in [7, 11) is 0. The number of nitrogens with two attached hydrogens (primary N) is 1. The van der Waals surface area contributed by atoms with E-state index in [1.165, 1.54) is 25.0 Å². The topological polar surface area (TPSA) is 43.8 Å². The van der Waals surface area contributed by atoms with Crippen molar-refractivity contribution >= 4 is 15.9 Å². The van der Waals surface area contributed by atoms with E-state index < -0.39 is 0 Å². The van der Waals surface area contributed by atoms with Crippen molar-refractivity contribution in [1.82, 2.24) is 9.78 Å². The molecule has 1 heterocycles. The molecular formula is C12H20BrN3. The highest BCUT2D eigenvalue weighted by atomic mass is 79.9. The fraction of sp³-hybridized carbons (Fsp3) is 0.750. The molecule has 1 aliphatic carbocycles. The first kappa shape index (κ1) is 12.1. The van der Waals surface area contributed by atoms with Gasteiger partial charge >= 0.3 is 0 Å². The van der Waals surface area contributed by atoms with Crippen LogP contribution in [0.15, 0.2) is 10.7 Å². The van der Waals surface area contributed by atoms with E-state index >= 15 is 0 Å². The van der Waals surface area contributed by atoms with Gasteiger partial charge in [0.1, 0.15) is 0 Å². The van der Waals surface area contributed by atoms with E-state index in [2.05, 4.69) is 28.0 Å². The number of aryl methyl sites for hydroxylation is 1. The Labute approximate surface area is 106 Å². The smallest absolute Gasteiger partial charge is 0.0693 e. The van der Waals surface area contributed by atoms with Crippen LogP contribution in [0, 0.1) is 5.92 Å². The fourth-order valence-corrected chi connectivity index (χ4v) is 2.92. The second-order valence-electron chi connectivity index (χ2n) is 4.74. The van der Waals surface area contributed by atoms with Crippen molar-refractivity contribution in [3.63, 3.8) is 0 Å². The molecule has 0 amide bonds. The van der Waals surface area contributed by atoms with Crippen LogP contribution in [0.4, 0.5) is 0 Å². The molecule has 16 heavy (non-hydrogen) atoms. The lowest BCUT2D eigenvalue weighted by Gasteiger charge is -2.28. The lowest BCUT2D eigenvalue weighted by molar-refractivity contribution is 0.273. The van der Waals surface area contributed by atoms with Crippen LogP contribution in [-0.2, 0) is 6.54 Å². The van der Waals surface area contributed by atoms with Crippen LogP contribution in [0.2, 0.25) is 0 Å². The van der Waals surface area contributed by atoms with Crippen molar-refractivity contribution in [1.29, 1.82) is 0 Å². The molecular weight excluding hydrogens is 266 g/mol. The molecule has 0 aliphatic heterocycles. The number of rotatable bonds is 5. The van der Waals surface area contributed by atoms with E-state index in [-0.39, 0.29) is 6.04 Å². The van der Waals surface area contributed by atoms with Crippen LogP contribution >= 0.6 is 15.9 Å². The van der Waals surface area contributed by atoms with Crippen LogP contribution < -0.4 is 5.73 Å². The van der Waals surface area contributed by atoms with Gasteiger partial charge in [-0.3, -0.25) is 4.68 Å². The van der Waals surface area contributed by atoms with E-state index in [1.807, 2.05) is 10.9 Å². The third-order valence-electron chi connectivity index (χ3n) is 3.43. The zero-order valence-corrected chi connectivity index (χ0v) is 11.4. The van der Waals surface area contributed by atoms with Crippen molar-refractivity contribution in [3.8, 4) is 0 Å². The Bertz CT molecular complexity index is 344. The SMILES string of the molecule is CCCn1ncc(Br)c1C(N)CC1CCC1. The molecule has 4 heteroatoms. The molecule has 2 rings (SSSR count). The van der Waals surface area contributed by atoms with Crippen molar-refractivity contribution in [2.24, 2.45) is 11.7 Å². The van der Waals surface area contributed by atoms with E-state index in [0.29, 0.717) is 0 Å². The number of hydrogen-bond acceptors (Lipinski definition) is 2. The van der Waals surface area contributed by atoms with Crippen molar-refractivity contribution in [3.05, 3.63) is 16.4 Å². The lowest BCUT2D eigenvalue weighted by atomic mass is 9.80.